The summed E-state index contributed by atoms with van der Waals surface area (Å²) in [6.07, 6.45) is 1.98. The third kappa shape index (κ3) is 7.70. The van der Waals surface area contributed by atoms with Crippen molar-refractivity contribution < 1.29 is 9.59 Å². The van der Waals surface area contributed by atoms with Gasteiger partial charge in [-0.05, 0) is 19.4 Å². The molecule has 0 aromatic rings. The Hall–Kier alpha value is -0.550. The predicted molar refractivity (Wildman–Crippen MR) is 68.2 cm³/mol. The lowest BCUT2D eigenvalue weighted by Gasteiger charge is -2.12. The summed E-state index contributed by atoms with van der Waals surface area (Å²) in [6, 6.07) is -0.271. The summed E-state index contributed by atoms with van der Waals surface area (Å²) in [4.78, 5) is 22.2. The highest BCUT2D eigenvalue weighted by Gasteiger charge is 2.11. The van der Waals surface area contributed by atoms with Crippen LogP contribution < -0.4 is 11.1 Å². The summed E-state index contributed by atoms with van der Waals surface area (Å²) < 4.78 is 0. The van der Waals surface area contributed by atoms with Gasteiger partial charge in [-0.1, -0.05) is 32.5 Å². The maximum atomic E-state index is 11.3. The summed E-state index contributed by atoms with van der Waals surface area (Å²) >= 11 is 1.37. The van der Waals surface area contributed by atoms with Crippen molar-refractivity contribution in [3.8, 4) is 0 Å². The Labute approximate surface area is 102 Å². The summed E-state index contributed by atoms with van der Waals surface area (Å²) in [6.45, 7) is 6.57. The van der Waals surface area contributed by atoms with E-state index in [4.69, 9.17) is 5.73 Å². The molecule has 0 fully saturated rings. The standard InChI is InChI=1S/C11H22N2O2S/c1-4-9(11(12)15)13-7-5-6-10(14)16-8(2)3/h8-9,13H,4-7H2,1-3H3,(H2,12,15). The van der Waals surface area contributed by atoms with Crippen molar-refractivity contribution in [2.45, 2.75) is 51.3 Å². The fourth-order valence-electron chi connectivity index (χ4n) is 1.28. The molecule has 0 aliphatic heterocycles. The highest BCUT2D eigenvalue weighted by atomic mass is 32.2. The molecule has 5 heteroatoms. The minimum atomic E-state index is -0.328. The number of carbonyl (C=O) groups is 2. The number of rotatable bonds is 8. The molecule has 0 saturated carbocycles. The number of primary amides is 1. The summed E-state index contributed by atoms with van der Waals surface area (Å²) in [5.74, 6) is -0.328. The molecule has 0 heterocycles. The van der Waals surface area contributed by atoms with Crippen LogP contribution in [0.5, 0.6) is 0 Å². The molecule has 0 bridgehead atoms. The molecular weight excluding hydrogens is 224 g/mol. The Kier molecular flexibility index (Phi) is 8.29. The third-order valence-electron chi connectivity index (χ3n) is 2.07. The molecule has 1 unspecified atom stereocenters. The molecule has 16 heavy (non-hydrogen) atoms. The van der Waals surface area contributed by atoms with E-state index < -0.39 is 0 Å². The first-order chi connectivity index (χ1) is 7.47. The number of thioether (sulfide) groups is 1. The monoisotopic (exact) mass is 246 g/mol. The van der Waals surface area contributed by atoms with E-state index in [2.05, 4.69) is 5.32 Å². The number of amides is 1. The molecule has 0 radical (unpaired) electrons. The molecule has 3 N–H and O–H groups in total. The van der Waals surface area contributed by atoms with E-state index in [1.54, 1.807) is 0 Å². The van der Waals surface area contributed by atoms with Gasteiger partial charge in [-0.2, -0.15) is 0 Å². The van der Waals surface area contributed by atoms with Crippen molar-refractivity contribution in [2.75, 3.05) is 6.54 Å². The number of nitrogens with one attached hydrogen (secondary N) is 1. The van der Waals surface area contributed by atoms with Gasteiger partial charge in [0.25, 0.3) is 0 Å². The van der Waals surface area contributed by atoms with Crippen LogP contribution in [-0.2, 0) is 9.59 Å². The third-order valence-corrected chi connectivity index (χ3v) is 3.01. The Morgan fingerprint density at radius 3 is 2.44 bits per heavy atom. The van der Waals surface area contributed by atoms with Crippen molar-refractivity contribution in [3.63, 3.8) is 0 Å². The van der Waals surface area contributed by atoms with Crippen LogP contribution in [0.4, 0.5) is 0 Å². The average Bonchev–Trinajstić information content (AvgIpc) is 2.16. The van der Waals surface area contributed by atoms with Crippen molar-refractivity contribution in [3.05, 3.63) is 0 Å². The van der Waals surface area contributed by atoms with E-state index >= 15 is 0 Å². The highest BCUT2D eigenvalue weighted by Crippen LogP contribution is 2.13. The van der Waals surface area contributed by atoms with Crippen LogP contribution in [0.15, 0.2) is 0 Å². The van der Waals surface area contributed by atoms with Crippen molar-refractivity contribution >= 4 is 22.8 Å². The zero-order valence-electron chi connectivity index (χ0n) is 10.3. The molecule has 1 atom stereocenters. The first-order valence-electron chi connectivity index (χ1n) is 5.69. The maximum absolute atomic E-state index is 11.3. The second kappa shape index (κ2) is 8.58. The van der Waals surface area contributed by atoms with Crippen molar-refractivity contribution in [1.82, 2.24) is 5.32 Å². The smallest absolute Gasteiger partial charge is 0.234 e. The molecular formula is C11H22N2O2S. The average molecular weight is 246 g/mol. The first-order valence-corrected chi connectivity index (χ1v) is 6.57. The minimum absolute atomic E-state index is 0.212. The van der Waals surface area contributed by atoms with Crippen LogP contribution in [0.25, 0.3) is 0 Å². The lowest BCUT2D eigenvalue weighted by atomic mass is 10.2. The SMILES string of the molecule is CCC(NCCCC(=O)SC(C)C)C(N)=O. The van der Waals surface area contributed by atoms with Gasteiger partial charge in [0.1, 0.15) is 0 Å². The van der Waals surface area contributed by atoms with Gasteiger partial charge >= 0.3 is 0 Å². The lowest BCUT2D eigenvalue weighted by molar-refractivity contribution is -0.120. The maximum Gasteiger partial charge on any atom is 0.234 e. The summed E-state index contributed by atoms with van der Waals surface area (Å²) in [7, 11) is 0. The quantitative estimate of drug-likeness (QED) is 0.633. The molecule has 1 amide bonds. The molecule has 0 spiro atoms. The molecule has 4 nitrogen and oxygen atoms in total. The topological polar surface area (TPSA) is 72.2 Å². The second-order valence-corrected chi connectivity index (χ2v) is 5.59. The Balaban J connectivity index is 3.59. The van der Waals surface area contributed by atoms with Gasteiger partial charge in [-0.3, -0.25) is 9.59 Å². The van der Waals surface area contributed by atoms with Crippen LogP contribution >= 0.6 is 11.8 Å². The van der Waals surface area contributed by atoms with Gasteiger partial charge in [-0.25, -0.2) is 0 Å². The minimum Gasteiger partial charge on any atom is -0.368 e. The number of carbonyl (C=O) groups excluding carboxylic acids is 2. The Morgan fingerprint density at radius 2 is 2.00 bits per heavy atom. The Bertz CT molecular complexity index is 232. The van der Waals surface area contributed by atoms with Crippen LogP contribution in [0, 0.1) is 0 Å². The van der Waals surface area contributed by atoms with Crippen molar-refractivity contribution in [2.24, 2.45) is 5.73 Å². The molecule has 0 aromatic heterocycles. The molecule has 0 saturated heterocycles. The van der Waals surface area contributed by atoms with Gasteiger partial charge in [0, 0.05) is 11.7 Å². The largest absolute Gasteiger partial charge is 0.368 e. The van der Waals surface area contributed by atoms with E-state index in [1.165, 1.54) is 11.8 Å². The van der Waals surface area contributed by atoms with Gasteiger partial charge in [-0.15, -0.1) is 0 Å². The van der Waals surface area contributed by atoms with E-state index in [-0.39, 0.29) is 17.1 Å². The second-order valence-electron chi connectivity index (χ2n) is 3.96. The number of hydrogen-bond donors (Lipinski definition) is 2. The van der Waals surface area contributed by atoms with Gasteiger partial charge < -0.3 is 11.1 Å². The lowest BCUT2D eigenvalue weighted by Crippen LogP contribution is -2.41. The number of hydrogen-bond acceptors (Lipinski definition) is 4. The fourth-order valence-corrected chi connectivity index (χ4v) is 2.06. The normalized spacial score (nSPS) is 12.8. The van der Waals surface area contributed by atoms with Crippen molar-refractivity contribution in [1.29, 1.82) is 0 Å². The van der Waals surface area contributed by atoms with Gasteiger partial charge in [0.15, 0.2) is 5.12 Å². The number of nitrogens with two attached hydrogens (primary N) is 1. The van der Waals surface area contributed by atoms with E-state index in [0.717, 1.165) is 6.42 Å². The van der Waals surface area contributed by atoms with E-state index in [1.807, 2.05) is 20.8 Å². The van der Waals surface area contributed by atoms with Gasteiger partial charge in [0.2, 0.25) is 5.91 Å². The van der Waals surface area contributed by atoms with Crippen LogP contribution in [0.2, 0.25) is 0 Å². The zero-order chi connectivity index (χ0) is 12.6. The molecule has 94 valence electrons. The first kappa shape index (κ1) is 15.4. The molecule has 0 rings (SSSR count). The van der Waals surface area contributed by atoms with E-state index in [0.29, 0.717) is 24.6 Å². The van der Waals surface area contributed by atoms with Gasteiger partial charge in [0.05, 0.1) is 6.04 Å². The molecule has 0 aromatic carbocycles. The zero-order valence-corrected chi connectivity index (χ0v) is 11.1. The highest BCUT2D eigenvalue weighted by molar-refractivity contribution is 8.14. The van der Waals surface area contributed by atoms with Crippen LogP contribution in [-0.4, -0.2) is 28.9 Å². The van der Waals surface area contributed by atoms with Crippen LogP contribution in [0.1, 0.15) is 40.0 Å². The van der Waals surface area contributed by atoms with Crippen LogP contribution in [0.3, 0.4) is 0 Å². The predicted octanol–water partition coefficient (Wildman–Crippen LogP) is 1.29. The summed E-state index contributed by atoms with van der Waals surface area (Å²) in [5.41, 5.74) is 5.18. The molecule has 0 aliphatic carbocycles. The van der Waals surface area contributed by atoms with E-state index in [9.17, 15) is 9.59 Å². The Morgan fingerprint density at radius 1 is 1.38 bits per heavy atom. The molecule has 0 aliphatic rings. The fraction of sp³-hybridized carbons (Fsp3) is 0.818. The summed E-state index contributed by atoms with van der Waals surface area (Å²) in [5, 5.41) is 3.60.